The predicted molar refractivity (Wildman–Crippen MR) is 94.7 cm³/mol. The van der Waals surface area contributed by atoms with Gasteiger partial charge in [0.05, 0.1) is 4.90 Å². The highest BCUT2D eigenvalue weighted by Gasteiger charge is 2.27. The average molecular weight is 353 g/mol. The van der Waals surface area contributed by atoms with Gasteiger partial charge in [0.25, 0.3) is 5.91 Å². The smallest absolute Gasteiger partial charge is 0.253 e. The summed E-state index contributed by atoms with van der Waals surface area (Å²) >= 11 is 0. The topological polar surface area (TPSA) is 69.7 Å². The average Bonchev–Trinajstić information content (AvgIpc) is 2.55. The molecule has 1 amide bonds. The number of benzene rings is 1. The zero-order valence-corrected chi connectivity index (χ0v) is 15.7. The van der Waals surface area contributed by atoms with Gasteiger partial charge in [0.1, 0.15) is 0 Å². The Morgan fingerprint density at radius 2 is 2.00 bits per heavy atom. The van der Waals surface area contributed by atoms with Crippen LogP contribution in [-0.4, -0.2) is 62.3 Å². The summed E-state index contributed by atoms with van der Waals surface area (Å²) in [7, 11) is -3.58. The van der Waals surface area contributed by atoms with E-state index in [1.807, 2.05) is 20.8 Å². The van der Waals surface area contributed by atoms with Crippen molar-refractivity contribution in [1.29, 1.82) is 0 Å². The van der Waals surface area contributed by atoms with Gasteiger partial charge in [-0.25, -0.2) is 8.42 Å². The minimum Gasteiger partial charge on any atom is -0.336 e. The standard InChI is InChI=1S/C17H27N3O3S/c1-5-20(6-2)24(22,23)16-11-15(8-7-13(16)3)17(21)19-10-9-18-14(4)12-19/h7-8,11,14,18H,5-6,9-10,12H2,1-4H3. The monoisotopic (exact) mass is 353 g/mol. The molecule has 1 aliphatic heterocycles. The van der Waals surface area contributed by atoms with Gasteiger partial charge < -0.3 is 10.2 Å². The number of hydrogen-bond acceptors (Lipinski definition) is 4. The lowest BCUT2D eigenvalue weighted by atomic mass is 10.1. The molecule has 1 heterocycles. The van der Waals surface area contributed by atoms with E-state index in [0.29, 0.717) is 37.3 Å². The summed E-state index contributed by atoms with van der Waals surface area (Å²) in [5.74, 6) is -0.112. The fourth-order valence-electron chi connectivity index (χ4n) is 3.01. The molecule has 7 heteroatoms. The molecule has 2 rings (SSSR count). The first kappa shape index (κ1) is 18.9. The number of nitrogens with zero attached hydrogens (tertiary/aromatic N) is 2. The summed E-state index contributed by atoms with van der Waals surface area (Å²) in [6, 6.07) is 5.20. The van der Waals surface area contributed by atoms with Crippen LogP contribution in [0.25, 0.3) is 0 Å². The first-order chi connectivity index (χ1) is 11.3. The van der Waals surface area contributed by atoms with Crippen LogP contribution in [0.1, 0.15) is 36.7 Å². The lowest BCUT2D eigenvalue weighted by Crippen LogP contribution is -2.51. The molecular formula is C17H27N3O3S. The fraction of sp³-hybridized carbons (Fsp3) is 0.588. The molecule has 24 heavy (non-hydrogen) atoms. The third-order valence-corrected chi connectivity index (χ3v) is 6.61. The van der Waals surface area contributed by atoms with Gasteiger partial charge in [0, 0.05) is 44.3 Å². The zero-order chi connectivity index (χ0) is 17.9. The van der Waals surface area contributed by atoms with Crippen molar-refractivity contribution in [3.05, 3.63) is 29.3 Å². The van der Waals surface area contributed by atoms with E-state index < -0.39 is 10.0 Å². The first-order valence-electron chi connectivity index (χ1n) is 8.44. The molecule has 6 nitrogen and oxygen atoms in total. The molecule has 1 aromatic carbocycles. The van der Waals surface area contributed by atoms with Crippen LogP contribution in [0.4, 0.5) is 0 Å². The highest BCUT2D eigenvalue weighted by Crippen LogP contribution is 2.22. The van der Waals surface area contributed by atoms with Crippen molar-refractivity contribution in [1.82, 2.24) is 14.5 Å². The number of aryl methyl sites for hydroxylation is 1. The summed E-state index contributed by atoms with van der Waals surface area (Å²) < 4.78 is 27.0. The third-order valence-electron chi connectivity index (χ3n) is 4.41. The number of carbonyl (C=O) groups is 1. The Balaban J connectivity index is 2.36. The van der Waals surface area contributed by atoms with Crippen LogP contribution in [0, 0.1) is 6.92 Å². The first-order valence-corrected chi connectivity index (χ1v) is 9.88. The molecular weight excluding hydrogens is 326 g/mol. The Morgan fingerprint density at radius 1 is 1.33 bits per heavy atom. The molecule has 1 unspecified atom stereocenters. The predicted octanol–water partition coefficient (Wildman–Crippen LogP) is 1.46. The summed E-state index contributed by atoms with van der Waals surface area (Å²) in [4.78, 5) is 14.7. The molecule has 0 aliphatic carbocycles. The van der Waals surface area contributed by atoms with Crippen molar-refractivity contribution in [2.75, 3.05) is 32.7 Å². The minimum absolute atomic E-state index is 0.112. The second-order valence-corrected chi connectivity index (χ2v) is 8.08. The zero-order valence-electron chi connectivity index (χ0n) is 14.9. The maximum Gasteiger partial charge on any atom is 0.253 e. The largest absolute Gasteiger partial charge is 0.336 e. The highest BCUT2D eigenvalue weighted by molar-refractivity contribution is 7.89. The molecule has 1 aliphatic rings. The van der Waals surface area contributed by atoms with Crippen LogP contribution in [0.3, 0.4) is 0 Å². The molecule has 0 saturated carbocycles. The second-order valence-electron chi connectivity index (χ2n) is 6.18. The van der Waals surface area contributed by atoms with Crippen LogP contribution in [0.2, 0.25) is 0 Å². The third kappa shape index (κ3) is 3.79. The number of rotatable bonds is 5. The van der Waals surface area contributed by atoms with E-state index in [1.54, 1.807) is 24.0 Å². The second kappa shape index (κ2) is 7.63. The van der Waals surface area contributed by atoms with E-state index in [2.05, 4.69) is 5.32 Å². The van der Waals surface area contributed by atoms with E-state index in [-0.39, 0.29) is 16.8 Å². The van der Waals surface area contributed by atoms with Gasteiger partial charge in [-0.05, 0) is 31.5 Å². The molecule has 1 N–H and O–H groups in total. The van der Waals surface area contributed by atoms with E-state index in [4.69, 9.17) is 0 Å². The van der Waals surface area contributed by atoms with Gasteiger partial charge in [-0.1, -0.05) is 19.9 Å². The summed E-state index contributed by atoms with van der Waals surface area (Å²) in [6.07, 6.45) is 0. The minimum atomic E-state index is -3.58. The Hall–Kier alpha value is -1.44. The molecule has 0 bridgehead atoms. The highest BCUT2D eigenvalue weighted by atomic mass is 32.2. The van der Waals surface area contributed by atoms with Gasteiger partial charge in [-0.3, -0.25) is 4.79 Å². The Bertz CT molecular complexity index is 699. The summed E-state index contributed by atoms with van der Waals surface area (Å²) in [6.45, 7) is 10.3. The SMILES string of the molecule is CCN(CC)S(=O)(=O)c1cc(C(=O)N2CCNC(C)C2)ccc1C. The van der Waals surface area contributed by atoms with Crippen LogP contribution >= 0.6 is 0 Å². The van der Waals surface area contributed by atoms with E-state index in [9.17, 15) is 13.2 Å². The van der Waals surface area contributed by atoms with E-state index in [0.717, 1.165) is 6.54 Å². The number of carbonyl (C=O) groups excluding carboxylic acids is 1. The molecule has 0 radical (unpaired) electrons. The van der Waals surface area contributed by atoms with Crippen molar-refractivity contribution in [2.45, 2.75) is 38.6 Å². The van der Waals surface area contributed by atoms with Crippen LogP contribution in [0.15, 0.2) is 23.1 Å². The molecule has 1 fully saturated rings. The van der Waals surface area contributed by atoms with Crippen LogP contribution < -0.4 is 5.32 Å². The number of nitrogens with one attached hydrogen (secondary N) is 1. The van der Waals surface area contributed by atoms with Gasteiger partial charge in [0.2, 0.25) is 10.0 Å². The van der Waals surface area contributed by atoms with Gasteiger partial charge in [-0.15, -0.1) is 0 Å². The Morgan fingerprint density at radius 3 is 2.58 bits per heavy atom. The molecule has 134 valence electrons. The van der Waals surface area contributed by atoms with Crippen LogP contribution in [0.5, 0.6) is 0 Å². The van der Waals surface area contributed by atoms with Crippen molar-refractivity contribution in [2.24, 2.45) is 0 Å². The Labute approximate surface area is 144 Å². The summed E-state index contributed by atoms with van der Waals surface area (Å²) in [5.41, 5.74) is 1.09. The van der Waals surface area contributed by atoms with Gasteiger partial charge in [0.15, 0.2) is 0 Å². The quantitative estimate of drug-likeness (QED) is 0.870. The lowest BCUT2D eigenvalue weighted by Gasteiger charge is -2.32. The summed E-state index contributed by atoms with van der Waals surface area (Å²) in [5, 5.41) is 3.30. The van der Waals surface area contributed by atoms with Crippen molar-refractivity contribution in [3.63, 3.8) is 0 Å². The number of sulfonamides is 1. The molecule has 1 saturated heterocycles. The molecule has 0 spiro atoms. The van der Waals surface area contributed by atoms with E-state index >= 15 is 0 Å². The lowest BCUT2D eigenvalue weighted by molar-refractivity contribution is 0.0709. The van der Waals surface area contributed by atoms with E-state index in [1.165, 1.54) is 10.4 Å². The molecule has 0 aromatic heterocycles. The number of hydrogen-bond donors (Lipinski definition) is 1. The number of amides is 1. The van der Waals surface area contributed by atoms with Gasteiger partial charge >= 0.3 is 0 Å². The van der Waals surface area contributed by atoms with Gasteiger partial charge in [-0.2, -0.15) is 4.31 Å². The molecule has 1 aromatic rings. The number of piperazine rings is 1. The van der Waals surface area contributed by atoms with Crippen molar-refractivity contribution < 1.29 is 13.2 Å². The normalized spacial score (nSPS) is 18.9. The van der Waals surface area contributed by atoms with Crippen LogP contribution in [-0.2, 0) is 10.0 Å². The maximum absolute atomic E-state index is 12.8. The molecule has 1 atom stereocenters. The Kier molecular flexibility index (Phi) is 6.01. The fourth-order valence-corrected chi connectivity index (χ4v) is 4.72. The van der Waals surface area contributed by atoms with Crippen molar-refractivity contribution in [3.8, 4) is 0 Å². The van der Waals surface area contributed by atoms with Crippen molar-refractivity contribution >= 4 is 15.9 Å². The maximum atomic E-state index is 12.8.